The molecule has 0 saturated carbocycles. The topological polar surface area (TPSA) is 88.2 Å². The van der Waals surface area contributed by atoms with Crippen LogP contribution in [0, 0.1) is 12.7 Å². The van der Waals surface area contributed by atoms with Crippen LogP contribution in [0.2, 0.25) is 0 Å². The van der Waals surface area contributed by atoms with E-state index in [1.807, 2.05) is 0 Å². The van der Waals surface area contributed by atoms with Gasteiger partial charge in [-0.2, -0.15) is 0 Å². The number of aromatic carboxylic acids is 1. The van der Waals surface area contributed by atoms with Crippen molar-refractivity contribution in [3.63, 3.8) is 0 Å². The van der Waals surface area contributed by atoms with Crippen LogP contribution in [-0.4, -0.2) is 21.2 Å². The second-order valence-corrected chi connectivity index (χ2v) is 5.17. The molecule has 0 bridgehead atoms. The Bertz CT molecular complexity index is 875. The van der Waals surface area contributed by atoms with E-state index in [2.05, 4.69) is 15.5 Å². The number of hydrogen-bond acceptors (Lipinski definition) is 5. The Morgan fingerprint density at radius 1 is 1.33 bits per heavy atom. The molecule has 0 amide bonds. The largest absolute Gasteiger partial charge is 0.478 e. The average Bonchev–Trinajstić information content (AvgIpc) is 2.94. The number of nitrogens with zero attached hydrogens (tertiary/aromatic N) is 2. The van der Waals surface area contributed by atoms with E-state index in [4.69, 9.17) is 9.63 Å². The van der Waals surface area contributed by atoms with Crippen LogP contribution in [0.5, 0.6) is 0 Å². The zero-order valence-corrected chi connectivity index (χ0v) is 12.8. The summed E-state index contributed by atoms with van der Waals surface area (Å²) in [6, 6.07) is 9.16. The number of carboxylic acids is 1. The van der Waals surface area contributed by atoms with Crippen molar-refractivity contribution >= 4 is 11.8 Å². The number of carbonyl (C=O) groups is 1. The quantitative estimate of drug-likeness (QED) is 0.746. The number of carboxylic acid groups (broad SMARTS) is 1. The van der Waals surface area contributed by atoms with E-state index >= 15 is 0 Å². The molecule has 0 atom stereocenters. The lowest BCUT2D eigenvalue weighted by Crippen LogP contribution is -2.04. The number of aryl methyl sites for hydroxylation is 1. The van der Waals surface area contributed by atoms with Gasteiger partial charge in [0.15, 0.2) is 0 Å². The molecule has 3 aromatic rings. The summed E-state index contributed by atoms with van der Waals surface area (Å²) in [5, 5.41) is 15.9. The van der Waals surface area contributed by atoms with Gasteiger partial charge in [-0.3, -0.25) is 0 Å². The third-order valence-corrected chi connectivity index (χ3v) is 3.54. The summed E-state index contributed by atoms with van der Waals surface area (Å²) in [6.07, 6.45) is 1.28. The third kappa shape index (κ3) is 3.24. The van der Waals surface area contributed by atoms with Gasteiger partial charge in [-0.15, -0.1) is 0 Å². The molecule has 24 heavy (non-hydrogen) atoms. The molecule has 2 heterocycles. The maximum atomic E-state index is 13.4. The Balaban J connectivity index is 1.80. The van der Waals surface area contributed by atoms with Crippen LogP contribution >= 0.6 is 0 Å². The summed E-state index contributed by atoms with van der Waals surface area (Å²) in [7, 11) is 0. The third-order valence-electron chi connectivity index (χ3n) is 3.54. The van der Waals surface area contributed by atoms with Gasteiger partial charge in [0, 0.05) is 23.9 Å². The molecule has 6 nitrogen and oxygen atoms in total. The number of anilines is 1. The summed E-state index contributed by atoms with van der Waals surface area (Å²) in [6.45, 7) is 2.13. The van der Waals surface area contributed by atoms with E-state index in [9.17, 15) is 9.18 Å². The van der Waals surface area contributed by atoms with E-state index < -0.39 is 5.97 Å². The molecule has 2 N–H and O–H groups in total. The second-order valence-electron chi connectivity index (χ2n) is 5.17. The van der Waals surface area contributed by atoms with Crippen LogP contribution < -0.4 is 5.32 Å². The molecule has 0 aliphatic carbocycles. The Kier molecular flexibility index (Phi) is 4.24. The Morgan fingerprint density at radius 3 is 2.83 bits per heavy atom. The molecule has 0 spiro atoms. The second kappa shape index (κ2) is 6.49. The number of halogens is 1. The van der Waals surface area contributed by atoms with Gasteiger partial charge in [0.2, 0.25) is 0 Å². The first-order valence-corrected chi connectivity index (χ1v) is 7.19. The maximum absolute atomic E-state index is 13.4. The van der Waals surface area contributed by atoms with Gasteiger partial charge in [-0.05, 0) is 31.2 Å². The summed E-state index contributed by atoms with van der Waals surface area (Å²) in [4.78, 5) is 14.9. The molecule has 0 fully saturated rings. The van der Waals surface area contributed by atoms with Crippen LogP contribution in [0.25, 0.3) is 11.3 Å². The van der Waals surface area contributed by atoms with Crippen molar-refractivity contribution in [1.29, 1.82) is 0 Å². The fourth-order valence-corrected chi connectivity index (χ4v) is 2.27. The van der Waals surface area contributed by atoms with Crippen molar-refractivity contribution in [2.24, 2.45) is 0 Å². The van der Waals surface area contributed by atoms with Crippen molar-refractivity contribution in [1.82, 2.24) is 10.1 Å². The lowest BCUT2D eigenvalue weighted by molar-refractivity contribution is 0.0696. The fraction of sp³-hybridized carbons (Fsp3) is 0.118. The number of benzene rings is 1. The van der Waals surface area contributed by atoms with Gasteiger partial charge in [0.25, 0.3) is 0 Å². The number of pyridine rings is 1. The summed E-state index contributed by atoms with van der Waals surface area (Å²) >= 11 is 0. The molecule has 1 aromatic carbocycles. The summed E-state index contributed by atoms with van der Waals surface area (Å²) in [5.41, 5.74) is 2.08. The number of hydrogen-bond donors (Lipinski definition) is 2. The maximum Gasteiger partial charge on any atom is 0.337 e. The highest BCUT2D eigenvalue weighted by Crippen LogP contribution is 2.26. The molecule has 122 valence electrons. The lowest BCUT2D eigenvalue weighted by atomic mass is 10.1. The highest BCUT2D eigenvalue weighted by molar-refractivity contribution is 5.87. The summed E-state index contributed by atoms with van der Waals surface area (Å²) in [5.74, 6) is -0.245. The van der Waals surface area contributed by atoms with E-state index in [-0.39, 0.29) is 11.4 Å². The normalized spacial score (nSPS) is 10.6. The zero-order chi connectivity index (χ0) is 17.1. The van der Waals surface area contributed by atoms with Crippen molar-refractivity contribution < 1.29 is 18.8 Å². The number of aromatic nitrogens is 2. The minimum Gasteiger partial charge on any atom is -0.478 e. The van der Waals surface area contributed by atoms with Crippen molar-refractivity contribution in [2.75, 3.05) is 5.32 Å². The molecule has 0 aliphatic rings. The standard InChI is InChI=1S/C17H14FN3O3/c1-10-14(9-20-15-6-5-12(8-19-15)17(22)23)16(21-24-10)11-3-2-4-13(18)7-11/h2-8H,9H2,1H3,(H,19,20)(H,22,23). The van der Waals surface area contributed by atoms with Crippen LogP contribution in [0.15, 0.2) is 47.1 Å². The molecular formula is C17H14FN3O3. The molecule has 0 unspecified atom stereocenters. The molecule has 0 radical (unpaired) electrons. The lowest BCUT2D eigenvalue weighted by Gasteiger charge is -2.07. The van der Waals surface area contributed by atoms with E-state index in [0.29, 0.717) is 29.4 Å². The first kappa shape index (κ1) is 15.7. The minimum absolute atomic E-state index is 0.113. The molecular weight excluding hydrogens is 313 g/mol. The van der Waals surface area contributed by atoms with Crippen molar-refractivity contribution in [3.8, 4) is 11.3 Å². The first-order chi connectivity index (χ1) is 11.5. The highest BCUT2D eigenvalue weighted by Gasteiger charge is 2.15. The molecule has 0 saturated heterocycles. The van der Waals surface area contributed by atoms with Gasteiger partial charge in [-0.25, -0.2) is 14.2 Å². The molecule has 3 rings (SSSR count). The average molecular weight is 327 g/mol. The minimum atomic E-state index is -1.03. The number of rotatable bonds is 5. The SMILES string of the molecule is Cc1onc(-c2cccc(F)c2)c1CNc1ccc(C(=O)O)cn1. The first-order valence-electron chi connectivity index (χ1n) is 7.19. The number of nitrogens with one attached hydrogen (secondary N) is 1. The van der Waals surface area contributed by atoms with E-state index in [1.54, 1.807) is 25.1 Å². The van der Waals surface area contributed by atoms with Gasteiger partial charge in [0.05, 0.1) is 5.56 Å². The Morgan fingerprint density at radius 2 is 2.17 bits per heavy atom. The Labute approximate surface area is 136 Å². The van der Waals surface area contributed by atoms with Crippen LogP contribution in [0.1, 0.15) is 21.7 Å². The van der Waals surface area contributed by atoms with Crippen molar-refractivity contribution in [2.45, 2.75) is 13.5 Å². The highest BCUT2D eigenvalue weighted by atomic mass is 19.1. The Hall–Kier alpha value is -3.22. The van der Waals surface area contributed by atoms with Gasteiger partial charge in [0.1, 0.15) is 23.1 Å². The van der Waals surface area contributed by atoms with E-state index in [0.717, 1.165) is 5.56 Å². The predicted octanol–water partition coefficient (Wildman–Crippen LogP) is 3.49. The van der Waals surface area contributed by atoms with Gasteiger partial charge < -0.3 is 14.9 Å². The van der Waals surface area contributed by atoms with Crippen LogP contribution in [0.4, 0.5) is 10.2 Å². The van der Waals surface area contributed by atoms with E-state index in [1.165, 1.54) is 24.4 Å². The molecule has 7 heteroatoms. The summed E-state index contributed by atoms with van der Waals surface area (Å²) < 4.78 is 18.6. The van der Waals surface area contributed by atoms with Gasteiger partial charge in [-0.1, -0.05) is 17.3 Å². The zero-order valence-electron chi connectivity index (χ0n) is 12.8. The van der Waals surface area contributed by atoms with Gasteiger partial charge >= 0.3 is 5.97 Å². The smallest absolute Gasteiger partial charge is 0.337 e. The van der Waals surface area contributed by atoms with Crippen molar-refractivity contribution in [3.05, 3.63) is 65.3 Å². The molecule has 2 aromatic heterocycles. The fourth-order valence-electron chi connectivity index (χ4n) is 2.27. The molecule has 0 aliphatic heterocycles. The van der Waals surface area contributed by atoms with Crippen LogP contribution in [0.3, 0.4) is 0 Å². The predicted molar refractivity (Wildman–Crippen MR) is 85.2 cm³/mol. The van der Waals surface area contributed by atoms with Crippen LogP contribution in [-0.2, 0) is 6.54 Å². The monoisotopic (exact) mass is 327 g/mol.